The molecule has 16 heavy (non-hydrogen) atoms. The van der Waals surface area contributed by atoms with Crippen LogP contribution in [-0.4, -0.2) is 15.4 Å². The number of nitriles is 1. The van der Waals surface area contributed by atoms with Gasteiger partial charge in [0.25, 0.3) is 0 Å². The highest BCUT2D eigenvalue weighted by Gasteiger charge is 2.03. The van der Waals surface area contributed by atoms with Crippen LogP contribution in [0, 0.1) is 11.3 Å². The van der Waals surface area contributed by atoms with Crippen LogP contribution in [0.3, 0.4) is 0 Å². The molecule has 2 aromatic rings. The fourth-order valence-corrected chi connectivity index (χ4v) is 1.87. The van der Waals surface area contributed by atoms with Crippen LogP contribution in [0.25, 0.3) is 11.0 Å². The number of aryl methyl sites for hydroxylation is 1. The van der Waals surface area contributed by atoms with Gasteiger partial charge in [-0.1, -0.05) is 0 Å². The van der Waals surface area contributed by atoms with Crippen LogP contribution in [0.2, 0.25) is 0 Å². The Morgan fingerprint density at radius 2 is 2.25 bits per heavy atom. The Labute approximate surface area is 99.3 Å². The van der Waals surface area contributed by atoms with Gasteiger partial charge in [-0.2, -0.15) is 5.26 Å². The van der Waals surface area contributed by atoms with Crippen LogP contribution < -0.4 is 0 Å². The molecule has 1 heterocycles. The first kappa shape index (κ1) is 11.0. The van der Waals surface area contributed by atoms with Crippen molar-refractivity contribution in [2.24, 2.45) is 0 Å². The van der Waals surface area contributed by atoms with Crippen molar-refractivity contribution in [3.05, 3.63) is 30.1 Å². The molecular formula is C12H12ClN3. The van der Waals surface area contributed by atoms with Crippen molar-refractivity contribution in [2.75, 3.05) is 5.88 Å². The SMILES string of the molecule is N#Cc1ccc2ncn(CCCCCl)c2c1. The number of hydrogen-bond donors (Lipinski definition) is 0. The molecule has 0 aliphatic carbocycles. The van der Waals surface area contributed by atoms with Crippen LogP contribution in [0.1, 0.15) is 18.4 Å². The van der Waals surface area contributed by atoms with Crippen LogP contribution in [-0.2, 0) is 6.54 Å². The Hall–Kier alpha value is -1.53. The highest BCUT2D eigenvalue weighted by Crippen LogP contribution is 2.15. The van der Waals surface area contributed by atoms with E-state index in [0.717, 1.165) is 30.4 Å². The summed E-state index contributed by atoms with van der Waals surface area (Å²) in [6, 6.07) is 7.69. The lowest BCUT2D eigenvalue weighted by molar-refractivity contribution is 0.648. The molecule has 4 heteroatoms. The number of nitrogens with zero attached hydrogens (tertiary/aromatic N) is 3. The van der Waals surface area contributed by atoms with Gasteiger partial charge in [0.1, 0.15) is 0 Å². The molecule has 0 radical (unpaired) electrons. The van der Waals surface area contributed by atoms with Gasteiger partial charge in [0.15, 0.2) is 0 Å². The van der Waals surface area contributed by atoms with E-state index in [-0.39, 0.29) is 0 Å². The third-order valence-corrected chi connectivity index (χ3v) is 2.80. The smallest absolute Gasteiger partial charge is 0.0992 e. The van der Waals surface area contributed by atoms with Gasteiger partial charge in [-0.05, 0) is 31.0 Å². The first-order valence-electron chi connectivity index (χ1n) is 5.26. The van der Waals surface area contributed by atoms with Crippen molar-refractivity contribution < 1.29 is 0 Å². The summed E-state index contributed by atoms with van der Waals surface area (Å²) in [5, 5.41) is 8.84. The molecule has 0 fully saturated rings. The predicted molar refractivity (Wildman–Crippen MR) is 64.4 cm³/mol. The molecule has 82 valence electrons. The Morgan fingerprint density at radius 1 is 1.38 bits per heavy atom. The molecule has 0 aliphatic heterocycles. The van der Waals surface area contributed by atoms with Gasteiger partial charge in [0.2, 0.25) is 0 Å². The summed E-state index contributed by atoms with van der Waals surface area (Å²) in [6.07, 6.45) is 3.85. The molecule has 0 N–H and O–H groups in total. The molecule has 2 rings (SSSR count). The normalized spacial score (nSPS) is 10.5. The molecular weight excluding hydrogens is 222 g/mol. The van der Waals surface area contributed by atoms with Gasteiger partial charge in [-0.25, -0.2) is 4.98 Å². The summed E-state index contributed by atoms with van der Waals surface area (Å²) in [6.45, 7) is 0.901. The Bertz CT molecular complexity index is 525. The number of halogens is 1. The summed E-state index contributed by atoms with van der Waals surface area (Å²) in [5.41, 5.74) is 2.63. The maximum absolute atomic E-state index is 8.84. The number of aromatic nitrogens is 2. The molecule has 1 aromatic heterocycles. The minimum Gasteiger partial charge on any atom is -0.331 e. The monoisotopic (exact) mass is 233 g/mol. The second kappa shape index (κ2) is 5.00. The predicted octanol–water partition coefficient (Wildman–Crippen LogP) is 2.93. The molecule has 0 spiro atoms. The molecule has 0 aliphatic rings. The van der Waals surface area contributed by atoms with Gasteiger partial charge >= 0.3 is 0 Å². The highest BCUT2D eigenvalue weighted by molar-refractivity contribution is 6.17. The summed E-state index contributed by atoms with van der Waals surface area (Å²) in [5.74, 6) is 0.691. The van der Waals surface area contributed by atoms with Gasteiger partial charge in [-0.15, -0.1) is 11.6 Å². The van der Waals surface area contributed by atoms with E-state index in [2.05, 4.69) is 15.6 Å². The van der Waals surface area contributed by atoms with E-state index in [1.54, 1.807) is 6.07 Å². The van der Waals surface area contributed by atoms with Crippen LogP contribution in [0.5, 0.6) is 0 Å². The quantitative estimate of drug-likeness (QED) is 0.602. The zero-order valence-corrected chi connectivity index (χ0v) is 9.61. The summed E-state index contributed by atoms with van der Waals surface area (Å²) < 4.78 is 2.07. The zero-order chi connectivity index (χ0) is 11.4. The third kappa shape index (κ3) is 2.17. The van der Waals surface area contributed by atoms with E-state index in [4.69, 9.17) is 16.9 Å². The highest BCUT2D eigenvalue weighted by atomic mass is 35.5. The molecule has 3 nitrogen and oxygen atoms in total. The maximum Gasteiger partial charge on any atom is 0.0992 e. The number of alkyl halides is 1. The summed E-state index contributed by atoms with van der Waals surface area (Å²) >= 11 is 5.64. The van der Waals surface area contributed by atoms with Crippen molar-refractivity contribution in [1.29, 1.82) is 5.26 Å². The fourth-order valence-electron chi connectivity index (χ4n) is 1.68. The third-order valence-electron chi connectivity index (χ3n) is 2.53. The van der Waals surface area contributed by atoms with Crippen LogP contribution in [0.4, 0.5) is 0 Å². The standard InChI is InChI=1S/C12H12ClN3/c13-5-1-2-6-16-9-15-11-4-3-10(8-14)7-12(11)16/h3-4,7,9H,1-2,5-6H2. The Balaban J connectivity index is 2.28. The second-order valence-corrected chi connectivity index (χ2v) is 4.03. The van der Waals surface area contributed by atoms with Gasteiger partial charge < -0.3 is 4.57 Å². The van der Waals surface area contributed by atoms with Crippen molar-refractivity contribution in [2.45, 2.75) is 19.4 Å². The van der Waals surface area contributed by atoms with Crippen molar-refractivity contribution in [1.82, 2.24) is 9.55 Å². The molecule has 1 aromatic carbocycles. The van der Waals surface area contributed by atoms with E-state index in [1.807, 2.05) is 18.5 Å². The molecule has 0 saturated carbocycles. The number of benzene rings is 1. The van der Waals surface area contributed by atoms with E-state index in [0.29, 0.717) is 11.4 Å². The number of rotatable bonds is 4. The first-order chi connectivity index (χ1) is 7.85. The number of hydrogen-bond acceptors (Lipinski definition) is 2. The largest absolute Gasteiger partial charge is 0.331 e. The van der Waals surface area contributed by atoms with E-state index in [1.165, 1.54) is 0 Å². The number of fused-ring (bicyclic) bond motifs is 1. The lowest BCUT2D eigenvalue weighted by atomic mass is 10.2. The topological polar surface area (TPSA) is 41.6 Å². The Kier molecular flexibility index (Phi) is 3.43. The van der Waals surface area contributed by atoms with Gasteiger partial charge in [0, 0.05) is 12.4 Å². The molecule has 0 bridgehead atoms. The zero-order valence-electron chi connectivity index (χ0n) is 8.86. The average molecular weight is 234 g/mol. The average Bonchev–Trinajstić information content (AvgIpc) is 2.72. The molecule has 0 unspecified atom stereocenters. The van der Waals surface area contributed by atoms with Gasteiger partial charge in [-0.3, -0.25) is 0 Å². The van der Waals surface area contributed by atoms with Crippen molar-refractivity contribution in [3.8, 4) is 6.07 Å². The van der Waals surface area contributed by atoms with Crippen molar-refractivity contribution >= 4 is 22.6 Å². The lowest BCUT2D eigenvalue weighted by Crippen LogP contribution is -1.96. The molecule has 0 atom stereocenters. The van der Waals surface area contributed by atoms with Gasteiger partial charge in [0.05, 0.1) is 29.0 Å². The van der Waals surface area contributed by atoms with Crippen LogP contribution >= 0.6 is 11.6 Å². The van der Waals surface area contributed by atoms with Crippen molar-refractivity contribution in [3.63, 3.8) is 0 Å². The molecule has 0 saturated heterocycles. The fraction of sp³-hybridized carbons (Fsp3) is 0.333. The second-order valence-electron chi connectivity index (χ2n) is 3.65. The minimum atomic E-state index is 0.673. The maximum atomic E-state index is 8.84. The summed E-state index contributed by atoms with van der Waals surface area (Å²) in [4.78, 5) is 4.29. The first-order valence-corrected chi connectivity index (χ1v) is 5.79. The Morgan fingerprint density at radius 3 is 3.00 bits per heavy atom. The summed E-state index contributed by atoms with van der Waals surface area (Å²) in [7, 11) is 0. The number of unbranched alkanes of at least 4 members (excludes halogenated alkanes) is 1. The van der Waals surface area contributed by atoms with Crippen LogP contribution in [0.15, 0.2) is 24.5 Å². The molecule has 0 amide bonds. The van der Waals surface area contributed by atoms with E-state index < -0.39 is 0 Å². The van der Waals surface area contributed by atoms with E-state index >= 15 is 0 Å². The number of imidazole rings is 1. The lowest BCUT2D eigenvalue weighted by Gasteiger charge is -2.02. The minimum absolute atomic E-state index is 0.673. The van der Waals surface area contributed by atoms with E-state index in [9.17, 15) is 0 Å².